The highest BCUT2D eigenvalue weighted by molar-refractivity contribution is 5.96. The van der Waals surface area contributed by atoms with E-state index < -0.39 is 6.04 Å². The van der Waals surface area contributed by atoms with E-state index in [2.05, 4.69) is 34.5 Å². The molecule has 0 saturated carbocycles. The van der Waals surface area contributed by atoms with Crippen LogP contribution in [0.4, 0.5) is 0 Å². The summed E-state index contributed by atoms with van der Waals surface area (Å²) < 4.78 is 5.34. The fraction of sp³-hybridized carbons (Fsp3) is 0.308. The van der Waals surface area contributed by atoms with Crippen LogP contribution < -0.4 is 5.32 Å². The van der Waals surface area contributed by atoms with E-state index in [1.54, 1.807) is 17.0 Å². The molecule has 0 aliphatic carbocycles. The third kappa shape index (κ3) is 4.32. The number of hydrogen-bond acceptors (Lipinski definition) is 4. The number of likely N-dealkylation sites (tertiary alicyclic amines) is 1. The zero-order valence-corrected chi connectivity index (χ0v) is 17.9. The van der Waals surface area contributed by atoms with Gasteiger partial charge in [0.05, 0.1) is 6.26 Å². The number of nitrogens with one attached hydrogen (secondary N) is 1. The number of fused-ring (bicyclic) bond motifs is 1. The van der Waals surface area contributed by atoms with Crippen LogP contribution in [0.15, 0.2) is 77.4 Å². The van der Waals surface area contributed by atoms with Gasteiger partial charge in [0.2, 0.25) is 5.91 Å². The number of furan rings is 1. The molecule has 164 valence electrons. The lowest BCUT2D eigenvalue weighted by Crippen LogP contribution is -2.54. The first kappa shape index (κ1) is 20.5. The molecule has 2 aromatic carbocycles. The van der Waals surface area contributed by atoms with Crippen LogP contribution in [0.5, 0.6) is 0 Å². The molecule has 2 atom stereocenters. The lowest BCUT2D eigenvalue weighted by atomic mass is 9.93. The fourth-order valence-corrected chi connectivity index (χ4v) is 4.75. The van der Waals surface area contributed by atoms with E-state index in [-0.39, 0.29) is 23.6 Å². The van der Waals surface area contributed by atoms with Gasteiger partial charge >= 0.3 is 0 Å². The fourth-order valence-electron chi connectivity index (χ4n) is 4.75. The van der Waals surface area contributed by atoms with Gasteiger partial charge in [-0.05, 0) is 35.2 Å². The van der Waals surface area contributed by atoms with E-state index in [9.17, 15) is 9.59 Å². The van der Waals surface area contributed by atoms with Crippen LogP contribution in [0.2, 0.25) is 0 Å². The third-order valence-corrected chi connectivity index (χ3v) is 6.41. The van der Waals surface area contributed by atoms with Crippen molar-refractivity contribution >= 4 is 11.8 Å². The molecule has 3 heterocycles. The normalized spacial score (nSPS) is 20.7. The largest absolute Gasteiger partial charge is 0.459 e. The Morgan fingerprint density at radius 1 is 0.969 bits per heavy atom. The van der Waals surface area contributed by atoms with Crippen LogP contribution in [0.25, 0.3) is 0 Å². The Balaban J connectivity index is 1.28. The maximum Gasteiger partial charge on any atom is 0.290 e. The summed E-state index contributed by atoms with van der Waals surface area (Å²) in [5.41, 5.74) is 3.47. The van der Waals surface area contributed by atoms with E-state index in [0.717, 1.165) is 37.2 Å². The Kier molecular flexibility index (Phi) is 5.77. The van der Waals surface area contributed by atoms with Crippen LogP contribution >= 0.6 is 0 Å². The maximum atomic E-state index is 13.4. The van der Waals surface area contributed by atoms with Gasteiger partial charge in [-0.15, -0.1) is 0 Å². The van der Waals surface area contributed by atoms with Crippen molar-refractivity contribution in [1.29, 1.82) is 0 Å². The molecule has 6 nitrogen and oxygen atoms in total. The average Bonchev–Trinajstić information content (AvgIpc) is 3.51. The third-order valence-electron chi connectivity index (χ3n) is 6.41. The minimum atomic E-state index is -0.550. The van der Waals surface area contributed by atoms with E-state index in [0.29, 0.717) is 13.0 Å². The highest BCUT2D eigenvalue weighted by atomic mass is 16.3. The van der Waals surface area contributed by atoms with Crippen molar-refractivity contribution in [1.82, 2.24) is 15.1 Å². The first-order valence-electron chi connectivity index (χ1n) is 11.2. The summed E-state index contributed by atoms with van der Waals surface area (Å²) in [7, 11) is 0. The van der Waals surface area contributed by atoms with E-state index in [1.807, 2.05) is 30.3 Å². The van der Waals surface area contributed by atoms with Crippen LogP contribution in [-0.4, -0.2) is 46.8 Å². The molecule has 6 heteroatoms. The highest BCUT2D eigenvalue weighted by Gasteiger charge is 2.37. The topological polar surface area (TPSA) is 65.8 Å². The molecular weight excluding hydrogens is 402 g/mol. The minimum absolute atomic E-state index is 0.0870. The average molecular weight is 430 g/mol. The molecule has 2 amide bonds. The number of benzene rings is 2. The van der Waals surface area contributed by atoms with Crippen LogP contribution in [-0.2, 0) is 24.3 Å². The van der Waals surface area contributed by atoms with Crippen molar-refractivity contribution in [2.24, 2.45) is 0 Å². The molecule has 1 aromatic heterocycles. The summed E-state index contributed by atoms with van der Waals surface area (Å²) >= 11 is 0. The molecule has 2 aliphatic heterocycles. The SMILES string of the molecule is O=C(NC1CCN(Cc2ccccc2)C1)C1Cc2ccccc2CN1C(=O)c1ccco1. The van der Waals surface area contributed by atoms with Gasteiger partial charge in [0.1, 0.15) is 6.04 Å². The summed E-state index contributed by atoms with van der Waals surface area (Å²) in [5.74, 6) is -0.0789. The molecule has 1 saturated heterocycles. The smallest absolute Gasteiger partial charge is 0.290 e. The number of carbonyl (C=O) groups is 2. The zero-order valence-electron chi connectivity index (χ0n) is 17.9. The molecule has 2 unspecified atom stereocenters. The molecule has 32 heavy (non-hydrogen) atoms. The number of hydrogen-bond donors (Lipinski definition) is 1. The van der Waals surface area contributed by atoms with Gasteiger partial charge in [0.25, 0.3) is 5.91 Å². The molecule has 3 aromatic rings. The van der Waals surface area contributed by atoms with E-state index in [4.69, 9.17) is 4.42 Å². The van der Waals surface area contributed by atoms with Gasteiger partial charge in [-0.3, -0.25) is 14.5 Å². The first-order valence-corrected chi connectivity index (χ1v) is 11.2. The summed E-state index contributed by atoms with van der Waals surface area (Å²) in [6, 6.07) is 21.3. The monoisotopic (exact) mass is 429 g/mol. The lowest BCUT2D eigenvalue weighted by molar-refractivity contribution is -0.126. The van der Waals surface area contributed by atoms with E-state index >= 15 is 0 Å². The Morgan fingerprint density at radius 2 is 1.75 bits per heavy atom. The minimum Gasteiger partial charge on any atom is -0.459 e. The van der Waals surface area contributed by atoms with Crippen LogP contribution in [0.3, 0.4) is 0 Å². The lowest BCUT2D eigenvalue weighted by Gasteiger charge is -2.36. The molecule has 1 fully saturated rings. The summed E-state index contributed by atoms with van der Waals surface area (Å²) in [5, 5.41) is 3.22. The van der Waals surface area contributed by atoms with Gasteiger partial charge in [-0.25, -0.2) is 0 Å². The Bertz CT molecular complexity index is 1080. The molecule has 5 rings (SSSR count). The van der Waals surface area contributed by atoms with Crippen LogP contribution in [0.1, 0.15) is 33.7 Å². The van der Waals surface area contributed by atoms with Crippen molar-refractivity contribution in [2.45, 2.75) is 38.0 Å². The van der Waals surface area contributed by atoms with Crippen LogP contribution in [0, 0.1) is 0 Å². The van der Waals surface area contributed by atoms with Crippen molar-refractivity contribution < 1.29 is 14.0 Å². The maximum absolute atomic E-state index is 13.4. The van der Waals surface area contributed by atoms with Crippen molar-refractivity contribution in [3.63, 3.8) is 0 Å². The number of nitrogens with zero attached hydrogens (tertiary/aromatic N) is 2. The molecule has 0 spiro atoms. The molecule has 0 radical (unpaired) electrons. The van der Waals surface area contributed by atoms with Gasteiger partial charge in [-0.2, -0.15) is 0 Å². The van der Waals surface area contributed by atoms with Gasteiger partial charge in [-0.1, -0.05) is 54.6 Å². The standard InChI is InChI=1S/C26H27N3O3/c30-25(27-22-12-13-28(18-22)16-19-7-2-1-3-8-19)23-15-20-9-4-5-10-21(20)17-29(23)26(31)24-11-6-14-32-24/h1-11,14,22-23H,12-13,15-18H2,(H,27,30). The van der Waals surface area contributed by atoms with E-state index in [1.165, 1.54) is 11.8 Å². The molecule has 2 aliphatic rings. The summed E-state index contributed by atoms with van der Waals surface area (Å²) in [4.78, 5) is 30.5. The zero-order chi connectivity index (χ0) is 21.9. The molecule has 0 bridgehead atoms. The summed E-state index contributed by atoms with van der Waals surface area (Å²) in [6.45, 7) is 3.05. The van der Waals surface area contributed by atoms with Crippen molar-refractivity contribution in [2.75, 3.05) is 13.1 Å². The second kappa shape index (κ2) is 9.01. The Morgan fingerprint density at radius 3 is 2.53 bits per heavy atom. The van der Waals surface area contributed by atoms with Gasteiger partial charge < -0.3 is 14.6 Å². The second-order valence-corrected chi connectivity index (χ2v) is 8.61. The molecule has 1 N–H and O–H groups in total. The number of carbonyl (C=O) groups excluding carboxylic acids is 2. The second-order valence-electron chi connectivity index (χ2n) is 8.61. The Hall–Kier alpha value is -3.38. The predicted octanol–water partition coefficient (Wildman–Crippen LogP) is 3.24. The highest BCUT2D eigenvalue weighted by Crippen LogP contribution is 2.26. The molecular formula is C26H27N3O3. The van der Waals surface area contributed by atoms with Crippen molar-refractivity contribution in [3.05, 3.63) is 95.4 Å². The predicted molar refractivity (Wildman–Crippen MR) is 121 cm³/mol. The van der Waals surface area contributed by atoms with Gasteiger partial charge in [0, 0.05) is 38.6 Å². The number of amides is 2. The summed E-state index contributed by atoms with van der Waals surface area (Å²) in [6.07, 6.45) is 2.91. The number of rotatable bonds is 5. The Labute approximate surface area is 187 Å². The first-order chi connectivity index (χ1) is 15.7. The quantitative estimate of drug-likeness (QED) is 0.676. The van der Waals surface area contributed by atoms with Crippen molar-refractivity contribution in [3.8, 4) is 0 Å². The van der Waals surface area contributed by atoms with Gasteiger partial charge in [0.15, 0.2) is 5.76 Å².